The van der Waals surface area contributed by atoms with Gasteiger partial charge in [-0.3, -0.25) is 4.98 Å². The van der Waals surface area contributed by atoms with Crippen LogP contribution in [0.3, 0.4) is 0 Å². The molecule has 5 heteroatoms. The summed E-state index contributed by atoms with van der Waals surface area (Å²) in [7, 11) is 0. The zero-order chi connectivity index (χ0) is 13.7. The summed E-state index contributed by atoms with van der Waals surface area (Å²) in [6.45, 7) is 0. The van der Waals surface area contributed by atoms with E-state index in [9.17, 15) is 4.39 Å². The number of fused-ring (bicyclic) bond motifs is 1. The predicted octanol–water partition coefficient (Wildman–Crippen LogP) is 3.15. The molecule has 1 aromatic carbocycles. The van der Waals surface area contributed by atoms with Gasteiger partial charge in [0.1, 0.15) is 11.5 Å². The van der Waals surface area contributed by atoms with Crippen molar-refractivity contribution in [2.75, 3.05) is 5.73 Å². The maximum absolute atomic E-state index is 13.5. The van der Waals surface area contributed by atoms with Crippen molar-refractivity contribution in [3.63, 3.8) is 0 Å². The van der Waals surface area contributed by atoms with Crippen LogP contribution in [0.15, 0.2) is 36.5 Å². The minimum atomic E-state index is -0.240. The smallest absolute Gasteiger partial charge is 0.160 e. The zero-order valence-corrected chi connectivity index (χ0v) is 10.8. The summed E-state index contributed by atoms with van der Waals surface area (Å²) in [5, 5.41) is 0. The van der Waals surface area contributed by atoms with Crippen LogP contribution in [-0.4, -0.2) is 14.5 Å². The molecule has 0 radical (unpaired) electrons. The maximum atomic E-state index is 13.5. The molecule has 3 aromatic rings. The fourth-order valence-corrected chi connectivity index (χ4v) is 2.49. The third kappa shape index (κ3) is 1.74. The van der Waals surface area contributed by atoms with Crippen LogP contribution < -0.4 is 5.73 Å². The second-order valence-electron chi connectivity index (χ2n) is 5.15. The lowest BCUT2D eigenvalue weighted by Gasteiger charge is -2.07. The monoisotopic (exact) mass is 268 g/mol. The minimum Gasteiger partial charge on any atom is -0.397 e. The highest BCUT2D eigenvalue weighted by atomic mass is 19.1. The molecular formula is C15H13FN4. The van der Waals surface area contributed by atoms with Crippen LogP contribution in [0.5, 0.6) is 0 Å². The number of imidazole rings is 1. The van der Waals surface area contributed by atoms with E-state index in [1.165, 1.54) is 6.07 Å². The van der Waals surface area contributed by atoms with Crippen molar-refractivity contribution in [3.8, 4) is 11.5 Å². The van der Waals surface area contributed by atoms with E-state index in [0.717, 1.165) is 35.4 Å². The number of anilines is 1. The number of nitrogen functional groups attached to an aromatic ring is 1. The van der Waals surface area contributed by atoms with Crippen molar-refractivity contribution in [1.82, 2.24) is 14.5 Å². The summed E-state index contributed by atoms with van der Waals surface area (Å²) in [5.41, 5.74) is 8.69. The number of nitrogens with zero attached hydrogens (tertiary/aromatic N) is 3. The molecule has 1 fully saturated rings. The van der Waals surface area contributed by atoms with Crippen molar-refractivity contribution in [2.45, 2.75) is 18.9 Å². The molecule has 0 saturated heterocycles. The van der Waals surface area contributed by atoms with Crippen LogP contribution in [0.1, 0.15) is 18.9 Å². The zero-order valence-electron chi connectivity index (χ0n) is 10.8. The Labute approximate surface area is 115 Å². The fourth-order valence-electron chi connectivity index (χ4n) is 2.49. The van der Waals surface area contributed by atoms with E-state index < -0.39 is 0 Å². The maximum Gasteiger partial charge on any atom is 0.160 e. The van der Waals surface area contributed by atoms with Gasteiger partial charge in [0.2, 0.25) is 0 Å². The van der Waals surface area contributed by atoms with Gasteiger partial charge in [-0.25, -0.2) is 9.37 Å². The Morgan fingerprint density at radius 1 is 1.20 bits per heavy atom. The molecule has 0 aliphatic heterocycles. The van der Waals surface area contributed by atoms with Gasteiger partial charge in [0.25, 0.3) is 0 Å². The van der Waals surface area contributed by atoms with Crippen LogP contribution in [-0.2, 0) is 0 Å². The van der Waals surface area contributed by atoms with Crippen LogP contribution in [0.2, 0.25) is 0 Å². The van der Waals surface area contributed by atoms with Gasteiger partial charge in [-0.15, -0.1) is 0 Å². The van der Waals surface area contributed by atoms with E-state index in [-0.39, 0.29) is 5.82 Å². The summed E-state index contributed by atoms with van der Waals surface area (Å²) in [6, 6.07) is 8.75. The van der Waals surface area contributed by atoms with Crippen molar-refractivity contribution in [1.29, 1.82) is 0 Å². The van der Waals surface area contributed by atoms with Crippen molar-refractivity contribution < 1.29 is 4.39 Å². The first-order valence-electron chi connectivity index (χ1n) is 6.62. The van der Waals surface area contributed by atoms with Gasteiger partial charge in [-0.2, -0.15) is 0 Å². The molecule has 1 saturated carbocycles. The number of aromatic nitrogens is 3. The second kappa shape index (κ2) is 4.03. The number of benzene rings is 1. The molecule has 4 rings (SSSR count). The van der Waals surface area contributed by atoms with E-state index in [2.05, 4.69) is 14.5 Å². The highest BCUT2D eigenvalue weighted by molar-refractivity contribution is 5.80. The number of rotatable bonds is 2. The number of hydrogen-bond acceptors (Lipinski definition) is 3. The first-order valence-corrected chi connectivity index (χ1v) is 6.62. The van der Waals surface area contributed by atoms with Crippen molar-refractivity contribution in [3.05, 3.63) is 42.3 Å². The lowest BCUT2D eigenvalue weighted by molar-refractivity contribution is 0.628. The fraction of sp³-hybridized carbons (Fsp3) is 0.200. The molecule has 2 N–H and O–H groups in total. The van der Waals surface area contributed by atoms with Gasteiger partial charge in [0, 0.05) is 6.04 Å². The Kier molecular flexibility index (Phi) is 2.30. The lowest BCUT2D eigenvalue weighted by Crippen LogP contribution is -1.99. The molecule has 0 amide bonds. The topological polar surface area (TPSA) is 56.7 Å². The van der Waals surface area contributed by atoms with Gasteiger partial charge < -0.3 is 10.3 Å². The number of hydrogen-bond donors (Lipinski definition) is 1. The predicted molar refractivity (Wildman–Crippen MR) is 75.6 cm³/mol. The van der Waals surface area contributed by atoms with Crippen LogP contribution in [0.25, 0.3) is 22.6 Å². The van der Waals surface area contributed by atoms with E-state index in [1.54, 1.807) is 24.4 Å². The minimum absolute atomic E-state index is 0.240. The Balaban J connectivity index is 1.98. The molecule has 2 heterocycles. The van der Waals surface area contributed by atoms with Gasteiger partial charge in [0.05, 0.1) is 22.9 Å². The SMILES string of the molecule is Nc1ccc(-c2nc3ccc(F)cc3n2C2CC2)nc1. The van der Waals surface area contributed by atoms with Crippen molar-refractivity contribution in [2.24, 2.45) is 0 Å². The molecule has 0 spiro atoms. The van der Waals surface area contributed by atoms with Crippen LogP contribution >= 0.6 is 0 Å². The highest BCUT2D eigenvalue weighted by Gasteiger charge is 2.29. The molecule has 4 nitrogen and oxygen atoms in total. The Morgan fingerprint density at radius 3 is 2.75 bits per heavy atom. The van der Waals surface area contributed by atoms with Gasteiger partial charge in [0.15, 0.2) is 5.82 Å². The highest BCUT2D eigenvalue weighted by Crippen LogP contribution is 2.41. The molecule has 0 atom stereocenters. The molecular weight excluding hydrogens is 255 g/mol. The summed E-state index contributed by atoms with van der Waals surface area (Å²) in [5.74, 6) is 0.546. The van der Waals surface area contributed by atoms with E-state index in [1.807, 2.05) is 6.07 Å². The van der Waals surface area contributed by atoms with E-state index in [0.29, 0.717) is 11.7 Å². The molecule has 100 valence electrons. The number of pyridine rings is 1. The average molecular weight is 268 g/mol. The first kappa shape index (κ1) is 11.4. The summed E-state index contributed by atoms with van der Waals surface area (Å²) in [4.78, 5) is 8.94. The second-order valence-corrected chi connectivity index (χ2v) is 5.15. The summed E-state index contributed by atoms with van der Waals surface area (Å²) >= 11 is 0. The third-order valence-electron chi connectivity index (χ3n) is 3.58. The first-order chi connectivity index (χ1) is 9.72. The normalized spacial score (nSPS) is 14.8. The Hall–Kier alpha value is -2.43. The largest absolute Gasteiger partial charge is 0.397 e. The molecule has 0 bridgehead atoms. The molecule has 20 heavy (non-hydrogen) atoms. The number of halogens is 1. The molecule has 1 aliphatic carbocycles. The molecule has 1 aliphatic rings. The summed E-state index contributed by atoms with van der Waals surface area (Å²) < 4.78 is 15.6. The Bertz CT molecular complexity index is 787. The van der Waals surface area contributed by atoms with Gasteiger partial charge in [-0.1, -0.05) is 0 Å². The Morgan fingerprint density at radius 2 is 2.05 bits per heavy atom. The van der Waals surface area contributed by atoms with Gasteiger partial charge >= 0.3 is 0 Å². The third-order valence-corrected chi connectivity index (χ3v) is 3.58. The standard InChI is InChI=1S/C15H13FN4/c16-9-1-5-12-14(7-9)20(11-3-4-11)15(19-12)13-6-2-10(17)8-18-13/h1-2,5-8,11H,3-4,17H2. The van der Waals surface area contributed by atoms with Crippen LogP contribution in [0.4, 0.5) is 10.1 Å². The lowest BCUT2D eigenvalue weighted by atomic mass is 10.3. The van der Waals surface area contributed by atoms with Crippen LogP contribution in [0, 0.1) is 5.82 Å². The average Bonchev–Trinajstić information content (AvgIpc) is 3.21. The number of nitrogens with two attached hydrogens (primary N) is 1. The summed E-state index contributed by atoms with van der Waals surface area (Å²) in [6.07, 6.45) is 3.82. The van der Waals surface area contributed by atoms with E-state index in [4.69, 9.17) is 5.73 Å². The molecule has 0 unspecified atom stereocenters. The van der Waals surface area contributed by atoms with Crippen molar-refractivity contribution >= 4 is 16.7 Å². The van der Waals surface area contributed by atoms with Gasteiger partial charge in [-0.05, 0) is 43.2 Å². The molecule has 2 aromatic heterocycles. The van der Waals surface area contributed by atoms with E-state index >= 15 is 0 Å². The quantitative estimate of drug-likeness (QED) is 0.776.